The van der Waals surface area contributed by atoms with Crippen molar-refractivity contribution in [2.75, 3.05) is 4.90 Å². The highest BCUT2D eigenvalue weighted by Crippen LogP contribution is 2.52. The molecule has 0 amide bonds. The summed E-state index contributed by atoms with van der Waals surface area (Å²) in [4.78, 5) is 10.2. The van der Waals surface area contributed by atoms with Crippen molar-refractivity contribution in [2.24, 2.45) is 0 Å². The molecule has 5 heteroatoms. The monoisotopic (exact) mass is 639 g/mol. The standard InChI is InChI=1S/C42H29N3S2/c1-3-37-40(31-16-8-11-19-38(31)46-37)41-25(2)43-42(47-41)45-33-17-9-6-14-29(33)32-24-27(21-23-35(32)45)44-34-18-10-7-15-30(34)39-28-13-5-4-12-26(28)20-22-36(39)44/h3-24,36,39H,1H2,2H3. The molecule has 0 fully saturated rings. The molecule has 3 aromatic heterocycles. The number of fused-ring (bicyclic) bond motifs is 9. The molecule has 1 aliphatic carbocycles. The number of hydrogen-bond acceptors (Lipinski definition) is 4. The fraction of sp³-hybridized carbons (Fsp3) is 0.0714. The molecular weight excluding hydrogens is 611 g/mol. The summed E-state index contributed by atoms with van der Waals surface area (Å²) in [6, 6.07) is 42.4. The van der Waals surface area contributed by atoms with Gasteiger partial charge >= 0.3 is 0 Å². The normalized spacial score (nSPS) is 16.6. The van der Waals surface area contributed by atoms with E-state index in [9.17, 15) is 0 Å². The van der Waals surface area contributed by atoms with Gasteiger partial charge in [0.05, 0.1) is 27.6 Å². The van der Waals surface area contributed by atoms with Crippen LogP contribution in [0.5, 0.6) is 0 Å². The Morgan fingerprint density at radius 3 is 2.38 bits per heavy atom. The van der Waals surface area contributed by atoms with Crippen LogP contribution in [0.2, 0.25) is 0 Å². The zero-order valence-corrected chi connectivity index (χ0v) is 27.4. The minimum Gasteiger partial charge on any atom is -0.333 e. The molecule has 0 N–H and O–H groups in total. The van der Waals surface area contributed by atoms with Crippen molar-refractivity contribution < 1.29 is 0 Å². The number of aromatic nitrogens is 2. The highest BCUT2D eigenvalue weighted by Gasteiger charge is 2.41. The van der Waals surface area contributed by atoms with Crippen molar-refractivity contribution >= 4 is 78.1 Å². The van der Waals surface area contributed by atoms with Gasteiger partial charge in [0.15, 0.2) is 5.13 Å². The number of benzene rings is 5. The molecule has 0 bridgehead atoms. The Hall–Kier alpha value is -5.23. The molecule has 47 heavy (non-hydrogen) atoms. The van der Waals surface area contributed by atoms with Gasteiger partial charge in [0.2, 0.25) is 0 Å². The van der Waals surface area contributed by atoms with Crippen LogP contribution in [0.3, 0.4) is 0 Å². The van der Waals surface area contributed by atoms with Gasteiger partial charge in [0.25, 0.3) is 0 Å². The van der Waals surface area contributed by atoms with Crippen LogP contribution in [0, 0.1) is 6.92 Å². The van der Waals surface area contributed by atoms with E-state index in [2.05, 4.69) is 150 Å². The van der Waals surface area contributed by atoms with Gasteiger partial charge in [-0.05, 0) is 60.0 Å². The number of thiophene rings is 1. The molecule has 3 nitrogen and oxygen atoms in total. The lowest BCUT2D eigenvalue weighted by molar-refractivity contribution is 0.725. The van der Waals surface area contributed by atoms with Gasteiger partial charge in [0, 0.05) is 48.6 Å². The van der Waals surface area contributed by atoms with Crippen LogP contribution in [0.25, 0.3) is 59.6 Å². The van der Waals surface area contributed by atoms with E-state index in [0.717, 1.165) is 10.8 Å². The Morgan fingerprint density at radius 1 is 0.745 bits per heavy atom. The molecule has 2 atom stereocenters. The molecule has 0 saturated heterocycles. The third-order valence-electron chi connectivity index (χ3n) is 9.92. The first kappa shape index (κ1) is 26.9. The molecule has 0 radical (unpaired) electrons. The maximum atomic E-state index is 5.23. The minimum absolute atomic E-state index is 0.219. The molecule has 4 heterocycles. The topological polar surface area (TPSA) is 21.1 Å². The molecule has 0 spiro atoms. The maximum Gasteiger partial charge on any atom is 0.195 e. The smallest absolute Gasteiger partial charge is 0.195 e. The minimum atomic E-state index is 0.219. The second-order valence-corrected chi connectivity index (χ2v) is 14.5. The number of anilines is 2. The lowest BCUT2D eigenvalue weighted by atomic mass is 9.81. The van der Waals surface area contributed by atoms with Crippen LogP contribution in [-0.4, -0.2) is 15.6 Å². The van der Waals surface area contributed by atoms with Crippen LogP contribution in [0.4, 0.5) is 11.4 Å². The quantitative estimate of drug-likeness (QED) is 0.191. The molecule has 5 aromatic carbocycles. The summed E-state index contributed by atoms with van der Waals surface area (Å²) in [5.74, 6) is 0.301. The fourth-order valence-electron chi connectivity index (χ4n) is 7.94. The predicted molar refractivity (Wildman–Crippen MR) is 202 cm³/mol. The summed E-state index contributed by atoms with van der Waals surface area (Å²) in [6.07, 6.45) is 6.69. The van der Waals surface area contributed by atoms with Gasteiger partial charge in [-0.3, -0.25) is 4.57 Å². The van der Waals surface area contributed by atoms with Gasteiger partial charge in [-0.1, -0.05) is 115 Å². The average molecular weight is 640 g/mol. The number of hydrogen-bond donors (Lipinski definition) is 0. The summed E-state index contributed by atoms with van der Waals surface area (Å²) in [5.41, 5.74) is 11.2. The predicted octanol–water partition coefficient (Wildman–Crippen LogP) is 11.8. The largest absolute Gasteiger partial charge is 0.333 e. The van der Waals surface area contributed by atoms with E-state index in [1.807, 2.05) is 6.08 Å². The Kier molecular flexibility index (Phi) is 5.81. The number of rotatable bonds is 4. The Bertz CT molecular complexity index is 2600. The van der Waals surface area contributed by atoms with E-state index in [1.54, 1.807) is 22.7 Å². The SMILES string of the molecule is C=Cc1sc2ccccc2c1-c1sc(-n2c3ccccc3c3cc(N4c5ccccc5C5c6ccccc6C=CC54)ccc32)nc1C. The highest BCUT2D eigenvalue weighted by atomic mass is 32.1. The summed E-state index contributed by atoms with van der Waals surface area (Å²) < 4.78 is 3.63. The van der Waals surface area contributed by atoms with Crippen LogP contribution in [0.1, 0.15) is 33.2 Å². The van der Waals surface area contributed by atoms with E-state index in [4.69, 9.17) is 4.98 Å². The third kappa shape index (κ3) is 3.81. The Labute approximate surface area is 281 Å². The fourth-order valence-corrected chi connectivity index (χ4v) is 10.2. The average Bonchev–Trinajstić information content (AvgIpc) is 3.86. The van der Waals surface area contributed by atoms with Crippen molar-refractivity contribution in [3.05, 3.63) is 155 Å². The Balaban J connectivity index is 1.15. The van der Waals surface area contributed by atoms with Gasteiger partial charge in [0.1, 0.15) is 0 Å². The summed E-state index contributed by atoms with van der Waals surface area (Å²) in [5, 5.41) is 4.72. The second kappa shape index (κ2) is 10.1. The van der Waals surface area contributed by atoms with Gasteiger partial charge in [-0.15, -0.1) is 11.3 Å². The number of aryl methyl sites for hydroxylation is 1. The molecule has 10 rings (SSSR count). The van der Waals surface area contributed by atoms with Crippen LogP contribution in [-0.2, 0) is 0 Å². The lowest BCUT2D eigenvalue weighted by Gasteiger charge is -2.31. The summed E-state index contributed by atoms with van der Waals surface area (Å²) in [6.45, 7) is 6.29. The molecular formula is C42H29N3S2. The van der Waals surface area contributed by atoms with E-state index in [1.165, 1.54) is 75.3 Å². The Morgan fingerprint density at radius 2 is 1.49 bits per heavy atom. The molecule has 2 aliphatic rings. The van der Waals surface area contributed by atoms with E-state index in [0.29, 0.717) is 5.92 Å². The first-order valence-electron chi connectivity index (χ1n) is 16.0. The first-order chi connectivity index (χ1) is 23.2. The third-order valence-corrected chi connectivity index (χ3v) is 12.2. The van der Waals surface area contributed by atoms with Gasteiger partial charge in [-0.25, -0.2) is 4.98 Å². The zero-order valence-electron chi connectivity index (χ0n) is 25.7. The second-order valence-electron chi connectivity index (χ2n) is 12.4. The number of thiazole rings is 1. The van der Waals surface area contributed by atoms with Crippen molar-refractivity contribution in [2.45, 2.75) is 18.9 Å². The molecule has 0 saturated carbocycles. The van der Waals surface area contributed by atoms with E-state index in [-0.39, 0.29) is 6.04 Å². The first-order valence-corrected chi connectivity index (χ1v) is 17.6. The summed E-state index contributed by atoms with van der Waals surface area (Å²) >= 11 is 3.57. The van der Waals surface area contributed by atoms with Crippen LogP contribution < -0.4 is 4.90 Å². The summed E-state index contributed by atoms with van der Waals surface area (Å²) in [7, 11) is 0. The van der Waals surface area contributed by atoms with Crippen molar-refractivity contribution in [3.8, 4) is 15.6 Å². The van der Waals surface area contributed by atoms with E-state index < -0.39 is 0 Å². The van der Waals surface area contributed by atoms with Crippen molar-refractivity contribution in [3.63, 3.8) is 0 Å². The lowest BCUT2D eigenvalue weighted by Crippen LogP contribution is -2.30. The molecule has 1 aliphatic heterocycles. The molecule has 8 aromatic rings. The number of para-hydroxylation sites is 2. The van der Waals surface area contributed by atoms with Crippen molar-refractivity contribution in [1.29, 1.82) is 0 Å². The van der Waals surface area contributed by atoms with E-state index >= 15 is 0 Å². The van der Waals surface area contributed by atoms with Crippen LogP contribution in [0.15, 0.2) is 128 Å². The number of nitrogens with zero attached hydrogens (tertiary/aromatic N) is 3. The van der Waals surface area contributed by atoms with Crippen LogP contribution >= 0.6 is 22.7 Å². The van der Waals surface area contributed by atoms with Gasteiger partial charge in [-0.2, -0.15) is 0 Å². The van der Waals surface area contributed by atoms with Crippen molar-refractivity contribution in [1.82, 2.24) is 9.55 Å². The maximum absolute atomic E-state index is 5.23. The highest BCUT2D eigenvalue weighted by molar-refractivity contribution is 7.22. The molecule has 2 unspecified atom stereocenters. The molecule has 224 valence electrons. The van der Waals surface area contributed by atoms with Gasteiger partial charge < -0.3 is 4.90 Å². The zero-order chi connectivity index (χ0) is 31.2.